The quantitative estimate of drug-likeness (QED) is 0.774. The van der Waals surface area contributed by atoms with Gasteiger partial charge >= 0.3 is 12.1 Å². The van der Waals surface area contributed by atoms with E-state index in [0.29, 0.717) is 18.4 Å². The second-order valence-corrected chi connectivity index (χ2v) is 7.64. The molecule has 2 aliphatic heterocycles. The van der Waals surface area contributed by atoms with Crippen LogP contribution >= 0.6 is 0 Å². The highest BCUT2D eigenvalue weighted by Gasteiger charge is 2.45. The van der Waals surface area contributed by atoms with Crippen molar-refractivity contribution in [2.75, 3.05) is 0 Å². The first-order chi connectivity index (χ1) is 11.3. The normalized spacial score (nSPS) is 26.1. The third-order valence-corrected chi connectivity index (χ3v) is 4.58. The summed E-state index contributed by atoms with van der Waals surface area (Å²) in [5.41, 5.74) is 0.0760. The Kier molecular flexibility index (Phi) is 4.52. The Morgan fingerprint density at radius 2 is 1.62 bits per heavy atom. The lowest BCUT2D eigenvalue weighted by Gasteiger charge is -2.39. The van der Waals surface area contributed by atoms with Gasteiger partial charge in [0.2, 0.25) is 0 Å². The Hall–Kier alpha value is -2.04. The lowest BCUT2D eigenvalue weighted by Crippen LogP contribution is -2.50. The lowest BCUT2D eigenvalue weighted by atomic mass is 10.00. The maximum Gasteiger partial charge on any atom is 0.410 e. The number of carbonyl (C=O) groups is 2. The molecule has 24 heavy (non-hydrogen) atoms. The number of benzene rings is 1. The van der Waals surface area contributed by atoms with Gasteiger partial charge in [-0.3, -0.25) is 0 Å². The minimum absolute atomic E-state index is 0.104. The van der Waals surface area contributed by atoms with Gasteiger partial charge in [0.05, 0.1) is 5.56 Å². The van der Waals surface area contributed by atoms with Crippen molar-refractivity contribution in [3.8, 4) is 0 Å². The van der Waals surface area contributed by atoms with Crippen LogP contribution in [0.5, 0.6) is 0 Å². The Bertz CT molecular complexity index is 594. The molecule has 2 saturated heterocycles. The van der Waals surface area contributed by atoms with Gasteiger partial charge in [0.25, 0.3) is 0 Å². The summed E-state index contributed by atoms with van der Waals surface area (Å²) in [6, 6.07) is 9.24. The summed E-state index contributed by atoms with van der Waals surface area (Å²) in [5.74, 6) is -0.286. The zero-order valence-corrected chi connectivity index (χ0v) is 14.5. The average Bonchev–Trinajstić information content (AvgIpc) is 2.78. The topological polar surface area (TPSA) is 55.8 Å². The number of hydrogen-bond acceptors (Lipinski definition) is 4. The van der Waals surface area contributed by atoms with Crippen molar-refractivity contribution < 1.29 is 19.1 Å². The zero-order chi connectivity index (χ0) is 17.3. The van der Waals surface area contributed by atoms with Crippen molar-refractivity contribution >= 4 is 12.1 Å². The van der Waals surface area contributed by atoms with Crippen molar-refractivity contribution in [3.63, 3.8) is 0 Å². The van der Waals surface area contributed by atoms with Crippen molar-refractivity contribution in [2.45, 2.75) is 70.2 Å². The summed E-state index contributed by atoms with van der Waals surface area (Å²) in [4.78, 5) is 26.5. The van der Waals surface area contributed by atoms with E-state index in [2.05, 4.69) is 0 Å². The smallest absolute Gasteiger partial charge is 0.410 e. The van der Waals surface area contributed by atoms with Crippen molar-refractivity contribution in [1.82, 2.24) is 4.90 Å². The first-order valence-corrected chi connectivity index (χ1v) is 8.61. The second-order valence-electron chi connectivity index (χ2n) is 7.64. The van der Waals surface area contributed by atoms with Crippen molar-refractivity contribution in [1.29, 1.82) is 0 Å². The molecule has 1 aromatic rings. The molecule has 0 aliphatic carbocycles. The van der Waals surface area contributed by atoms with Gasteiger partial charge in [-0.1, -0.05) is 18.2 Å². The molecule has 3 atom stereocenters. The van der Waals surface area contributed by atoms with E-state index >= 15 is 0 Å². The third kappa shape index (κ3) is 3.71. The van der Waals surface area contributed by atoms with Crippen LogP contribution in [0, 0.1) is 0 Å². The SMILES string of the molecule is CC(C)(C)OC(=O)N1[C@@H]2CC[C@H]1CC(OC(=O)c1ccccc1)C2. The van der Waals surface area contributed by atoms with Crippen LogP contribution < -0.4 is 0 Å². The number of esters is 1. The van der Waals surface area contributed by atoms with Gasteiger partial charge in [0, 0.05) is 24.9 Å². The average molecular weight is 331 g/mol. The summed E-state index contributed by atoms with van der Waals surface area (Å²) in [6.45, 7) is 5.63. The molecule has 3 rings (SSSR count). The number of fused-ring (bicyclic) bond motifs is 2. The molecule has 1 aromatic carbocycles. The first-order valence-electron chi connectivity index (χ1n) is 8.61. The van der Waals surface area contributed by atoms with Crippen LogP contribution in [0.4, 0.5) is 4.79 Å². The Labute approximate surface area is 142 Å². The molecule has 2 heterocycles. The van der Waals surface area contributed by atoms with Crippen molar-refractivity contribution in [2.24, 2.45) is 0 Å². The highest BCUT2D eigenvalue weighted by Crippen LogP contribution is 2.38. The second kappa shape index (κ2) is 6.46. The number of ether oxygens (including phenoxy) is 2. The first kappa shape index (κ1) is 16.8. The maximum atomic E-state index is 12.4. The van der Waals surface area contributed by atoms with Crippen LogP contribution in [0.15, 0.2) is 30.3 Å². The molecule has 0 N–H and O–H groups in total. The molecule has 5 nitrogen and oxygen atoms in total. The predicted octanol–water partition coefficient (Wildman–Crippen LogP) is 3.77. The van der Waals surface area contributed by atoms with Crippen LogP contribution in [-0.2, 0) is 9.47 Å². The summed E-state index contributed by atoms with van der Waals surface area (Å²) in [7, 11) is 0. The summed E-state index contributed by atoms with van der Waals surface area (Å²) in [5, 5.41) is 0. The van der Waals surface area contributed by atoms with Gasteiger partial charge in [-0.15, -0.1) is 0 Å². The Morgan fingerprint density at radius 1 is 1.04 bits per heavy atom. The molecule has 0 radical (unpaired) electrons. The number of piperidine rings is 1. The molecule has 2 bridgehead atoms. The van der Waals surface area contributed by atoms with E-state index in [-0.39, 0.29) is 30.3 Å². The number of nitrogens with zero attached hydrogens (tertiary/aromatic N) is 1. The fraction of sp³-hybridized carbons (Fsp3) is 0.579. The van der Waals surface area contributed by atoms with Gasteiger partial charge in [0.1, 0.15) is 11.7 Å². The highest BCUT2D eigenvalue weighted by molar-refractivity contribution is 5.89. The zero-order valence-electron chi connectivity index (χ0n) is 14.5. The van der Waals surface area contributed by atoms with E-state index in [9.17, 15) is 9.59 Å². The van der Waals surface area contributed by atoms with E-state index < -0.39 is 5.60 Å². The largest absolute Gasteiger partial charge is 0.459 e. The molecule has 0 saturated carbocycles. The highest BCUT2D eigenvalue weighted by atomic mass is 16.6. The fourth-order valence-electron chi connectivity index (χ4n) is 3.63. The van der Waals surface area contributed by atoms with Gasteiger partial charge in [-0.25, -0.2) is 9.59 Å². The van der Waals surface area contributed by atoms with E-state index in [1.807, 2.05) is 43.9 Å². The van der Waals surface area contributed by atoms with E-state index in [1.54, 1.807) is 12.1 Å². The standard InChI is InChI=1S/C19H25NO4/c1-19(2,3)24-18(22)20-14-9-10-15(20)12-16(11-14)23-17(21)13-7-5-4-6-8-13/h4-8,14-16H,9-12H2,1-3H3/t14-,15+,16?. The molecule has 0 spiro atoms. The van der Waals surface area contributed by atoms with Crippen LogP contribution in [0.25, 0.3) is 0 Å². The molecular formula is C19H25NO4. The van der Waals surface area contributed by atoms with Crippen LogP contribution in [0.3, 0.4) is 0 Å². The van der Waals surface area contributed by atoms with Crippen LogP contribution in [0.2, 0.25) is 0 Å². The monoisotopic (exact) mass is 331 g/mol. The predicted molar refractivity (Wildman–Crippen MR) is 89.8 cm³/mol. The van der Waals surface area contributed by atoms with Gasteiger partial charge in [-0.2, -0.15) is 0 Å². The number of carbonyl (C=O) groups excluding carboxylic acids is 2. The molecule has 0 aromatic heterocycles. The molecule has 130 valence electrons. The third-order valence-electron chi connectivity index (χ3n) is 4.58. The Morgan fingerprint density at radius 3 is 2.17 bits per heavy atom. The summed E-state index contributed by atoms with van der Waals surface area (Å²) in [6.07, 6.45) is 2.90. The Balaban J connectivity index is 1.61. The molecule has 1 amide bonds. The van der Waals surface area contributed by atoms with Gasteiger partial charge < -0.3 is 14.4 Å². The van der Waals surface area contributed by atoms with E-state index in [4.69, 9.17) is 9.47 Å². The minimum Gasteiger partial charge on any atom is -0.459 e. The van der Waals surface area contributed by atoms with Gasteiger partial charge in [-0.05, 0) is 45.7 Å². The van der Waals surface area contributed by atoms with E-state index in [1.165, 1.54) is 0 Å². The number of rotatable bonds is 2. The molecule has 2 fully saturated rings. The molecule has 1 unspecified atom stereocenters. The van der Waals surface area contributed by atoms with Gasteiger partial charge in [0.15, 0.2) is 0 Å². The van der Waals surface area contributed by atoms with Crippen LogP contribution in [-0.4, -0.2) is 40.8 Å². The molecule has 5 heteroatoms. The number of amides is 1. The maximum absolute atomic E-state index is 12.4. The summed E-state index contributed by atoms with van der Waals surface area (Å²) >= 11 is 0. The molecule has 2 aliphatic rings. The fourth-order valence-corrected chi connectivity index (χ4v) is 3.63. The molecular weight excluding hydrogens is 306 g/mol. The lowest BCUT2D eigenvalue weighted by molar-refractivity contribution is -0.0226. The van der Waals surface area contributed by atoms with Crippen molar-refractivity contribution in [3.05, 3.63) is 35.9 Å². The number of hydrogen-bond donors (Lipinski definition) is 0. The van der Waals surface area contributed by atoms with Crippen LogP contribution in [0.1, 0.15) is 56.8 Å². The van der Waals surface area contributed by atoms with E-state index in [0.717, 1.165) is 12.8 Å². The minimum atomic E-state index is -0.493. The summed E-state index contributed by atoms with van der Waals surface area (Å²) < 4.78 is 11.2.